The van der Waals surface area contributed by atoms with E-state index in [1.165, 1.54) is 27.8 Å². The first-order chi connectivity index (χ1) is 32.7. The van der Waals surface area contributed by atoms with E-state index >= 15 is 0 Å². The topological polar surface area (TPSA) is 53.0 Å². The number of rotatable bonds is 4. The van der Waals surface area contributed by atoms with Crippen molar-refractivity contribution in [1.82, 2.24) is 0 Å². The SMILES string of the molecule is Cc1cc2cc(c1)N(c1cc3oc4cc(N(c5cc(C)cc(C)c5)c5cccc6c5oc5c(C(C)(C)C)cccc56)ccc4c3c3ccccc13)c1cccc(c1)-c1cccc(c1O)C(C)(C)C2. The van der Waals surface area contributed by atoms with Gasteiger partial charge in [0.15, 0.2) is 5.58 Å². The summed E-state index contributed by atoms with van der Waals surface area (Å²) in [6.45, 7) is 17.7. The van der Waals surface area contributed by atoms with E-state index in [1.54, 1.807) is 0 Å². The molecule has 0 atom stereocenters. The van der Waals surface area contributed by atoms with Gasteiger partial charge in [0.2, 0.25) is 0 Å². The Balaban J connectivity index is 1.09. The second kappa shape index (κ2) is 15.1. The molecule has 0 fully saturated rings. The quantitative estimate of drug-likeness (QED) is 0.191. The number of para-hydroxylation sites is 3. The maximum Gasteiger partial charge on any atom is 0.159 e. The molecule has 11 aromatic rings. The van der Waals surface area contributed by atoms with Crippen LogP contribution in [0.2, 0.25) is 0 Å². The molecule has 6 bridgehead atoms. The van der Waals surface area contributed by atoms with Gasteiger partial charge in [0, 0.05) is 72.8 Å². The van der Waals surface area contributed by atoms with Crippen LogP contribution in [0.4, 0.5) is 34.1 Å². The van der Waals surface area contributed by atoms with Crippen LogP contribution in [0.15, 0.2) is 173 Å². The van der Waals surface area contributed by atoms with Gasteiger partial charge in [0.25, 0.3) is 0 Å². The highest BCUT2D eigenvalue weighted by atomic mass is 16.3. The van der Waals surface area contributed by atoms with Crippen LogP contribution in [-0.4, -0.2) is 5.11 Å². The van der Waals surface area contributed by atoms with Gasteiger partial charge in [-0.05, 0) is 126 Å². The summed E-state index contributed by atoms with van der Waals surface area (Å²) in [6.07, 6.45) is 0.758. The Kier molecular flexibility index (Phi) is 9.27. The van der Waals surface area contributed by atoms with E-state index in [0.717, 1.165) is 112 Å². The van der Waals surface area contributed by atoms with Crippen LogP contribution >= 0.6 is 0 Å². The summed E-state index contributed by atoms with van der Waals surface area (Å²) in [5, 5.41) is 18.5. The fourth-order valence-corrected chi connectivity index (χ4v) is 11.3. The van der Waals surface area contributed by atoms with Gasteiger partial charge in [-0.15, -0.1) is 0 Å². The molecule has 0 amide bonds. The molecule has 12 rings (SSSR count). The number of aryl methyl sites for hydroxylation is 3. The van der Waals surface area contributed by atoms with Crippen LogP contribution in [0.3, 0.4) is 0 Å². The number of phenols is 1. The number of furan rings is 2. The van der Waals surface area contributed by atoms with Crippen LogP contribution in [0.5, 0.6) is 5.75 Å². The lowest BCUT2D eigenvalue weighted by atomic mass is 9.77. The first-order valence-electron chi connectivity index (χ1n) is 23.7. The van der Waals surface area contributed by atoms with E-state index in [9.17, 15) is 5.11 Å². The van der Waals surface area contributed by atoms with Crippen molar-refractivity contribution in [2.75, 3.05) is 9.80 Å². The van der Waals surface area contributed by atoms with Gasteiger partial charge < -0.3 is 23.7 Å². The van der Waals surface area contributed by atoms with Gasteiger partial charge in [0.05, 0.1) is 17.1 Å². The van der Waals surface area contributed by atoms with Crippen molar-refractivity contribution in [3.8, 4) is 16.9 Å². The fourth-order valence-electron chi connectivity index (χ4n) is 11.3. The lowest BCUT2D eigenvalue weighted by Crippen LogP contribution is -2.21. The Morgan fingerprint density at radius 3 is 2.06 bits per heavy atom. The Morgan fingerprint density at radius 1 is 0.559 bits per heavy atom. The molecule has 0 spiro atoms. The predicted molar refractivity (Wildman–Crippen MR) is 285 cm³/mol. The van der Waals surface area contributed by atoms with E-state index in [1.807, 2.05) is 6.07 Å². The molecule has 0 saturated heterocycles. The highest BCUT2D eigenvalue weighted by Crippen LogP contribution is 2.50. The highest BCUT2D eigenvalue weighted by molar-refractivity contribution is 6.23. The highest BCUT2D eigenvalue weighted by Gasteiger charge is 2.30. The monoisotopic (exact) mass is 886 g/mol. The minimum Gasteiger partial charge on any atom is -0.507 e. The molecule has 9 aromatic carbocycles. The molecule has 1 N–H and O–H groups in total. The molecule has 5 heteroatoms. The minimum absolute atomic E-state index is 0.0951. The third-order valence-corrected chi connectivity index (χ3v) is 14.2. The molecular weight excluding hydrogens is 833 g/mol. The van der Waals surface area contributed by atoms with Crippen LogP contribution in [0, 0.1) is 20.8 Å². The fraction of sp³-hybridized carbons (Fsp3) is 0.175. The van der Waals surface area contributed by atoms with Gasteiger partial charge in [-0.25, -0.2) is 0 Å². The molecule has 0 aliphatic carbocycles. The summed E-state index contributed by atoms with van der Waals surface area (Å²) in [7, 11) is 0. The normalized spacial score (nSPS) is 13.7. The lowest BCUT2D eigenvalue weighted by molar-refractivity contribution is 0.435. The van der Waals surface area contributed by atoms with Crippen LogP contribution in [-0.2, 0) is 17.3 Å². The Bertz CT molecular complexity index is 3840. The standard InChI is InChI=1S/C63H54N2O3/c1-37-27-38(2)30-44(29-37)64(54-24-14-21-50-49-20-13-23-53(62(4,5)6)60(49)68-61(50)54)43-25-26-51-56(34-43)67-57-35-55(47-17-9-10-18-48(47)58(51)57)65-42-16-11-15-41(33-42)46-19-12-22-52(59(46)66)63(7,8)36-40-28-39(3)31-45(65)32-40/h9-35,66H,36H2,1-8H3. The zero-order valence-corrected chi connectivity index (χ0v) is 40.0. The molecule has 0 radical (unpaired) electrons. The average molecular weight is 887 g/mol. The summed E-state index contributed by atoms with van der Waals surface area (Å²) in [5.74, 6) is 0.336. The zero-order valence-electron chi connectivity index (χ0n) is 40.0. The Morgan fingerprint density at radius 2 is 1.26 bits per heavy atom. The number of anilines is 6. The second-order valence-electron chi connectivity index (χ2n) is 20.8. The van der Waals surface area contributed by atoms with Crippen LogP contribution in [0.25, 0.3) is 65.8 Å². The predicted octanol–water partition coefficient (Wildman–Crippen LogP) is 18.0. The van der Waals surface area contributed by atoms with Crippen molar-refractivity contribution in [2.45, 2.75) is 72.6 Å². The molecule has 68 heavy (non-hydrogen) atoms. The maximum absolute atomic E-state index is 11.9. The van der Waals surface area contributed by atoms with Crippen molar-refractivity contribution in [3.63, 3.8) is 0 Å². The van der Waals surface area contributed by atoms with Crippen molar-refractivity contribution in [1.29, 1.82) is 0 Å². The lowest BCUT2D eigenvalue weighted by Gasteiger charge is -2.31. The molecule has 2 aromatic heterocycles. The Hall–Kier alpha value is -7.76. The number of phenolic OH excluding ortho intramolecular Hbond substituents is 1. The number of benzene rings is 9. The molecular formula is C63H54N2O3. The van der Waals surface area contributed by atoms with Crippen molar-refractivity contribution in [3.05, 3.63) is 197 Å². The van der Waals surface area contributed by atoms with E-state index in [0.29, 0.717) is 5.75 Å². The molecule has 3 heterocycles. The maximum atomic E-state index is 11.9. The second-order valence-corrected chi connectivity index (χ2v) is 20.8. The first kappa shape index (κ1) is 41.7. The Labute approximate surface area is 397 Å². The number of hydrogen-bond donors (Lipinski definition) is 1. The largest absolute Gasteiger partial charge is 0.507 e. The third kappa shape index (κ3) is 6.66. The number of aromatic hydroxyl groups is 1. The summed E-state index contributed by atoms with van der Waals surface area (Å²) in [5.41, 5.74) is 17.7. The van der Waals surface area contributed by atoms with Gasteiger partial charge in [0.1, 0.15) is 22.5 Å². The van der Waals surface area contributed by atoms with E-state index in [4.69, 9.17) is 8.83 Å². The average Bonchev–Trinajstić information content (AvgIpc) is 3.87. The van der Waals surface area contributed by atoms with Gasteiger partial charge in [-0.1, -0.05) is 132 Å². The molecule has 1 aliphatic rings. The first-order valence-corrected chi connectivity index (χ1v) is 23.7. The van der Waals surface area contributed by atoms with Crippen molar-refractivity contribution >= 4 is 88.8 Å². The minimum atomic E-state index is -0.326. The number of nitrogens with zero attached hydrogens (tertiary/aromatic N) is 2. The number of fused-ring (bicyclic) bond motifs is 15. The molecule has 5 nitrogen and oxygen atoms in total. The van der Waals surface area contributed by atoms with Gasteiger partial charge in [-0.3, -0.25) is 0 Å². The third-order valence-electron chi connectivity index (χ3n) is 14.2. The van der Waals surface area contributed by atoms with E-state index < -0.39 is 0 Å². The summed E-state index contributed by atoms with van der Waals surface area (Å²) in [6, 6.07) is 58.9. The zero-order chi connectivity index (χ0) is 46.8. The van der Waals surface area contributed by atoms with Gasteiger partial charge >= 0.3 is 0 Å². The smallest absolute Gasteiger partial charge is 0.159 e. The molecule has 0 unspecified atom stereocenters. The summed E-state index contributed by atoms with van der Waals surface area (Å²) in [4.78, 5) is 4.70. The van der Waals surface area contributed by atoms with Crippen molar-refractivity contribution < 1.29 is 13.9 Å². The summed E-state index contributed by atoms with van der Waals surface area (Å²) >= 11 is 0. The van der Waals surface area contributed by atoms with Crippen LogP contribution < -0.4 is 9.80 Å². The molecule has 1 aliphatic heterocycles. The summed E-state index contributed by atoms with van der Waals surface area (Å²) < 4.78 is 14.1. The van der Waals surface area contributed by atoms with Crippen LogP contribution in [0.1, 0.15) is 68.0 Å². The van der Waals surface area contributed by atoms with E-state index in [-0.39, 0.29) is 10.8 Å². The van der Waals surface area contributed by atoms with Gasteiger partial charge in [-0.2, -0.15) is 0 Å². The number of hydrogen-bond acceptors (Lipinski definition) is 5. The van der Waals surface area contributed by atoms with E-state index in [2.05, 4.69) is 223 Å². The molecule has 334 valence electrons. The molecule has 0 saturated carbocycles. The van der Waals surface area contributed by atoms with Crippen molar-refractivity contribution in [2.24, 2.45) is 0 Å².